The smallest absolute Gasteiger partial charge is 0.148 e. The van der Waals surface area contributed by atoms with Crippen LogP contribution in [0.2, 0.25) is 0 Å². The first-order valence-electron chi connectivity index (χ1n) is 3.24. The van der Waals surface area contributed by atoms with E-state index in [1.54, 1.807) is 6.08 Å². The van der Waals surface area contributed by atoms with Crippen molar-refractivity contribution in [3.63, 3.8) is 0 Å². The highest BCUT2D eigenvalue weighted by Gasteiger charge is 2.29. The molecule has 1 aliphatic heterocycles. The molecule has 1 rings (SSSR count). The summed E-state index contributed by atoms with van der Waals surface area (Å²) >= 11 is 0. The number of hydrogen-bond donors (Lipinski definition) is 0. The summed E-state index contributed by atoms with van der Waals surface area (Å²) in [6.07, 6.45) is 3.57. The second-order valence-electron chi connectivity index (χ2n) is 3.15. The maximum absolute atomic E-state index is 10.4. The van der Waals surface area contributed by atoms with Crippen LogP contribution in [0.5, 0.6) is 0 Å². The Morgan fingerprint density at radius 2 is 2.30 bits per heavy atom. The average molecular weight is 141 g/mol. The van der Waals surface area contributed by atoms with Gasteiger partial charge in [-0.3, -0.25) is 0 Å². The van der Waals surface area contributed by atoms with Crippen molar-refractivity contribution in [1.29, 1.82) is 0 Å². The van der Waals surface area contributed by atoms with Gasteiger partial charge in [-0.1, -0.05) is 0 Å². The number of aliphatic carboxylic acids is 1. The molecule has 0 unspecified atom stereocenters. The predicted octanol–water partition coefficient (Wildman–Crippen LogP) is -1.25. The number of rotatable bonds is 1. The lowest BCUT2D eigenvalue weighted by Gasteiger charge is -2.31. The van der Waals surface area contributed by atoms with Crippen LogP contribution in [0.1, 0.15) is 0 Å². The number of carbonyl (C=O) groups is 1. The lowest BCUT2D eigenvalue weighted by atomic mass is 10.3. The zero-order valence-electron chi connectivity index (χ0n) is 6.20. The molecule has 0 saturated heterocycles. The Kier molecular flexibility index (Phi) is 1.52. The summed E-state index contributed by atoms with van der Waals surface area (Å²) in [5, 5.41) is 10.4. The van der Waals surface area contributed by atoms with Crippen LogP contribution >= 0.6 is 0 Å². The molecule has 56 valence electrons. The maximum Gasteiger partial charge on any atom is 0.148 e. The molecule has 0 fully saturated rings. The second-order valence-corrected chi connectivity index (χ2v) is 3.15. The topological polar surface area (TPSA) is 40.1 Å². The fourth-order valence-electron chi connectivity index (χ4n) is 1.17. The zero-order chi connectivity index (χ0) is 7.78. The van der Waals surface area contributed by atoms with Gasteiger partial charge in [0.1, 0.15) is 12.0 Å². The number of carbonyl (C=O) groups excluding carboxylic acids is 1. The molecule has 0 aromatic heterocycles. The molecule has 0 N–H and O–H groups in total. The summed E-state index contributed by atoms with van der Waals surface area (Å²) in [4.78, 5) is 10.4. The number of nitrogens with zero attached hydrogens (tertiary/aromatic N) is 1. The van der Waals surface area contributed by atoms with Crippen LogP contribution < -0.4 is 5.11 Å². The van der Waals surface area contributed by atoms with E-state index in [2.05, 4.69) is 0 Å². The Morgan fingerprint density at radius 1 is 1.70 bits per heavy atom. The highest BCUT2D eigenvalue weighted by Crippen LogP contribution is 2.13. The molecule has 10 heavy (non-hydrogen) atoms. The fourth-order valence-corrected chi connectivity index (χ4v) is 1.17. The normalized spacial score (nSPS) is 28.8. The van der Waals surface area contributed by atoms with Gasteiger partial charge >= 0.3 is 0 Å². The highest BCUT2D eigenvalue weighted by molar-refractivity contribution is 5.72. The summed E-state index contributed by atoms with van der Waals surface area (Å²) in [5.74, 6) is -0.987. The van der Waals surface area contributed by atoms with E-state index < -0.39 is 12.0 Å². The van der Waals surface area contributed by atoms with E-state index in [4.69, 9.17) is 0 Å². The van der Waals surface area contributed by atoms with Gasteiger partial charge in [-0.15, -0.1) is 0 Å². The van der Waals surface area contributed by atoms with Crippen LogP contribution in [-0.4, -0.2) is 37.1 Å². The minimum absolute atomic E-state index is 0.458. The van der Waals surface area contributed by atoms with Crippen molar-refractivity contribution < 1.29 is 14.4 Å². The van der Waals surface area contributed by atoms with Crippen LogP contribution in [0, 0.1) is 0 Å². The molecule has 0 spiro atoms. The predicted molar refractivity (Wildman–Crippen MR) is 34.9 cm³/mol. The molecular formula is C7H11NO2. The molecule has 0 bridgehead atoms. The van der Waals surface area contributed by atoms with Crippen molar-refractivity contribution in [2.45, 2.75) is 6.04 Å². The molecule has 0 radical (unpaired) electrons. The number of carboxylic acid groups (broad SMARTS) is 1. The largest absolute Gasteiger partial charge is 0.544 e. The molecule has 0 aliphatic carbocycles. The summed E-state index contributed by atoms with van der Waals surface area (Å²) in [6, 6.07) is -0.458. The Hall–Kier alpha value is -0.830. The number of quaternary nitrogens is 1. The summed E-state index contributed by atoms with van der Waals surface area (Å²) in [6.45, 7) is 0.776. The van der Waals surface area contributed by atoms with Crippen molar-refractivity contribution in [2.24, 2.45) is 0 Å². The van der Waals surface area contributed by atoms with Gasteiger partial charge in [0, 0.05) is 0 Å². The van der Waals surface area contributed by atoms with E-state index >= 15 is 0 Å². The van der Waals surface area contributed by atoms with Crippen LogP contribution in [-0.2, 0) is 4.79 Å². The van der Waals surface area contributed by atoms with Crippen molar-refractivity contribution in [3.05, 3.63) is 12.2 Å². The summed E-state index contributed by atoms with van der Waals surface area (Å²) in [7, 11) is 3.75. The van der Waals surface area contributed by atoms with Crippen LogP contribution in [0.4, 0.5) is 0 Å². The van der Waals surface area contributed by atoms with E-state index in [1.807, 2.05) is 20.2 Å². The van der Waals surface area contributed by atoms with E-state index in [0.717, 1.165) is 6.54 Å². The molecule has 3 nitrogen and oxygen atoms in total. The maximum atomic E-state index is 10.4. The first-order chi connectivity index (χ1) is 4.54. The molecule has 0 aromatic carbocycles. The average Bonchev–Trinajstić information content (AvgIpc) is 2.08. The fraction of sp³-hybridized carbons (Fsp3) is 0.571. The highest BCUT2D eigenvalue weighted by atomic mass is 16.4. The number of hydrogen-bond acceptors (Lipinski definition) is 2. The Labute approximate surface area is 60.2 Å². The second kappa shape index (κ2) is 2.09. The molecule has 1 heterocycles. The van der Waals surface area contributed by atoms with E-state index in [0.29, 0.717) is 4.48 Å². The monoisotopic (exact) mass is 141 g/mol. The van der Waals surface area contributed by atoms with Crippen LogP contribution in [0.25, 0.3) is 0 Å². The number of likely N-dealkylation sites (N-methyl/N-ethyl adjacent to an activating group) is 1. The van der Waals surface area contributed by atoms with Crippen molar-refractivity contribution in [1.82, 2.24) is 0 Å². The Bertz CT molecular complexity index is 184. The third-order valence-electron chi connectivity index (χ3n) is 1.89. The van der Waals surface area contributed by atoms with Crippen molar-refractivity contribution >= 4 is 5.97 Å². The Morgan fingerprint density at radius 3 is 2.50 bits per heavy atom. The van der Waals surface area contributed by atoms with Gasteiger partial charge in [0.25, 0.3) is 0 Å². The van der Waals surface area contributed by atoms with E-state index in [9.17, 15) is 9.90 Å². The third-order valence-corrected chi connectivity index (χ3v) is 1.89. The first kappa shape index (κ1) is 7.28. The molecule has 0 amide bonds. The third kappa shape index (κ3) is 1.04. The zero-order valence-corrected chi connectivity index (χ0v) is 6.20. The van der Waals surface area contributed by atoms with Gasteiger partial charge in [0.05, 0.1) is 20.6 Å². The molecular weight excluding hydrogens is 130 g/mol. The molecule has 0 saturated carbocycles. The minimum Gasteiger partial charge on any atom is -0.544 e. The molecule has 0 aromatic rings. The lowest BCUT2D eigenvalue weighted by molar-refractivity contribution is -0.891. The SMILES string of the molecule is C[N+]1(C)CC=C[C@H]1C(=O)[O-]. The van der Waals surface area contributed by atoms with E-state index in [-0.39, 0.29) is 0 Å². The summed E-state index contributed by atoms with van der Waals surface area (Å²) in [5.41, 5.74) is 0. The molecule has 1 aliphatic rings. The van der Waals surface area contributed by atoms with Crippen LogP contribution in [0.15, 0.2) is 12.2 Å². The summed E-state index contributed by atoms with van der Waals surface area (Å²) < 4.78 is 0.475. The Balaban J connectivity index is 2.77. The van der Waals surface area contributed by atoms with Gasteiger partial charge < -0.3 is 14.4 Å². The van der Waals surface area contributed by atoms with Gasteiger partial charge in [0.2, 0.25) is 0 Å². The van der Waals surface area contributed by atoms with Gasteiger partial charge in [0.15, 0.2) is 0 Å². The quantitative estimate of drug-likeness (QED) is 0.338. The first-order valence-corrected chi connectivity index (χ1v) is 3.24. The van der Waals surface area contributed by atoms with Crippen molar-refractivity contribution in [3.8, 4) is 0 Å². The standard InChI is InChI=1S/C7H11NO2/c1-8(2)5-3-4-6(8)7(9)10/h3-4,6H,5H2,1-2H3/t6-/m0/s1. The van der Waals surface area contributed by atoms with Crippen molar-refractivity contribution in [2.75, 3.05) is 20.6 Å². The number of carboxylic acids is 1. The van der Waals surface area contributed by atoms with Gasteiger partial charge in [-0.05, 0) is 12.2 Å². The molecule has 1 atom stereocenters. The van der Waals surface area contributed by atoms with Gasteiger partial charge in [-0.2, -0.15) is 0 Å². The van der Waals surface area contributed by atoms with Crippen LogP contribution in [0.3, 0.4) is 0 Å². The van der Waals surface area contributed by atoms with Gasteiger partial charge in [-0.25, -0.2) is 0 Å². The molecule has 3 heteroatoms. The van der Waals surface area contributed by atoms with E-state index in [1.165, 1.54) is 0 Å². The minimum atomic E-state index is -0.987. The lowest BCUT2D eigenvalue weighted by Crippen LogP contribution is -2.53.